The summed E-state index contributed by atoms with van der Waals surface area (Å²) in [5, 5.41) is 10.2. The summed E-state index contributed by atoms with van der Waals surface area (Å²) in [6.45, 7) is 12.6. The van der Waals surface area contributed by atoms with Gasteiger partial charge in [0, 0.05) is 19.4 Å². The van der Waals surface area contributed by atoms with Gasteiger partial charge in [0.15, 0.2) is 8.32 Å². The molecule has 162 valence electrons. The lowest BCUT2D eigenvalue weighted by molar-refractivity contribution is -0.147. The summed E-state index contributed by atoms with van der Waals surface area (Å²) in [4.78, 5) is 11.6. The number of aliphatic hydroxyl groups excluding tert-OH is 1. The van der Waals surface area contributed by atoms with Crippen LogP contribution in [0.3, 0.4) is 0 Å². The maximum absolute atomic E-state index is 11.6. The van der Waals surface area contributed by atoms with Crippen LogP contribution in [-0.2, 0) is 14.0 Å². The maximum Gasteiger partial charge on any atom is 0.303 e. The van der Waals surface area contributed by atoms with E-state index >= 15 is 0 Å². The highest BCUT2D eigenvalue weighted by atomic mass is 28.4. The van der Waals surface area contributed by atoms with Crippen molar-refractivity contribution in [1.82, 2.24) is 0 Å². The van der Waals surface area contributed by atoms with Crippen LogP contribution in [0.4, 0.5) is 0 Å². The molecule has 0 saturated heterocycles. The van der Waals surface area contributed by atoms with E-state index in [2.05, 4.69) is 39.8 Å². The van der Waals surface area contributed by atoms with E-state index in [1.165, 1.54) is 6.92 Å². The molecule has 0 aliphatic heterocycles. The fraction of sp³-hybridized carbons (Fsp3) is 0.625. The topological polar surface area (TPSA) is 55.8 Å². The molecule has 1 rings (SSSR count). The molecule has 0 amide bonds. The largest absolute Gasteiger partial charge is 0.458 e. The quantitative estimate of drug-likeness (QED) is 0.288. The van der Waals surface area contributed by atoms with Gasteiger partial charge in [-0.1, -0.05) is 51.1 Å². The number of aliphatic hydroxyl groups is 1. The van der Waals surface area contributed by atoms with Gasteiger partial charge in [0.2, 0.25) is 0 Å². The van der Waals surface area contributed by atoms with Gasteiger partial charge in [0.1, 0.15) is 6.10 Å². The molecule has 0 spiro atoms. The SMILES string of the molecule is C#CCC(O)CCC(CCC(OC(C)=O)c1ccccc1)O[Si](C)(C)C(C)(C)C. The van der Waals surface area contributed by atoms with E-state index in [-0.39, 0.29) is 23.2 Å². The molecule has 1 N–H and O–H groups in total. The molecular weight excluding hydrogens is 380 g/mol. The van der Waals surface area contributed by atoms with E-state index in [1.54, 1.807) is 0 Å². The number of carbonyl (C=O) groups is 1. The number of esters is 1. The Labute approximate surface area is 178 Å². The average molecular weight is 419 g/mol. The zero-order chi connectivity index (χ0) is 22.1. The molecule has 0 aliphatic rings. The van der Waals surface area contributed by atoms with Crippen molar-refractivity contribution in [1.29, 1.82) is 0 Å². The molecule has 29 heavy (non-hydrogen) atoms. The standard InChI is InChI=1S/C24H38O4Si/c1-8-12-21(26)15-16-22(28-29(6,7)24(3,4)5)17-18-23(27-19(2)25)20-13-10-9-11-14-20/h1,9-11,13-14,21-23,26H,12,15-18H2,2-7H3. The van der Waals surface area contributed by atoms with E-state index in [0.29, 0.717) is 19.3 Å². The molecule has 1 aromatic carbocycles. The Balaban J connectivity index is 2.90. The number of hydrogen-bond acceptors (Lipinski definition) is 4. The zero-order valence-electron chi connectivity index (χ0n) is 18.9. The van der Waals surface area contributed by atoms with Gasteiger partial charge in [-0.25, -0.2) is 0 Å². The molecule has 0 bridgehead atoms. The summed E-state index contributed by atoms with van der Waals surface area (Å²) < 4.78 is 12.2. The predicted molar refractivity (Wildman–Crippen MR) is 121 cm³/mol. The lowest BCUT2D eigenvalue weighted by Gasteiger charge is -2.39. The molecule has 3 unspecified atom stereocenters. The number of carbonyl (C=O) groups excluding carboxylic acids is 1. The van der Waals surface area contributed by atoms with Gasteiger partial charge >= 0.3 is 5.97 Å². The zero-order valence-corrected chi connectivity index (χ0v) is 19.9. The lowest BCUT2D eigenvalue weighted by atomic mass is 9.99. The average Bonchev–Trinajstić information content (AvgIpc) is 2.62. The fourth-order valence-electron chi connectivity index (χ4n) is 2.97. The molecule has 0 aliphatic carbocycles. The van der Waals surface area contributed by atoms with Crippen LogP contribution in [-0.4, -0.2) is 31.6 Å². The molecule has 5 heteroatoms. The first-order valence-corrected chi connectivity index (χ1v) is 13.4. The van der Waals surface area contributed by atoms with Crippen LogP contribution in [0, 0.1) is 12.3 Å². The number of rotatable bonds is 11. The Morgan fingerprint density at radius 1 is 1.14 bits per heavy atom. The minimum Gasteiger partial charge on any atom is -0.458 e. The van der Waals surface area contributed by atoms with Gasteiger partial charge in [-0.05, 0) is 49.4 Å². The van der Waals surface area contributed by atoms with Crippen molar-refractivity contribution in [2.24, 2.45) is 0 Å². The van der Waals surface area contributed by atoms with Crippen LogP contribution < -0.4 is 0 Å². The van der Waals surface area contributed by atoms with Crippen molar-refractivity contribution in [2.45, 2.75) is 96.2 Å². The van der Waals surface area contributed by atoms with Gasteiger partial charge < -0.3 is 14.3 Å². The van der Waals surface area contributed by atoms with Gasteiger partial charge in [0.05, 0.1) is 6.10 Å². The van der Waals surface area contributed by atoms with Crippen molar-refractivity contribution >= 4 is 14.3 Å². The molecule has 4 nitrogen and oxygen atoms in total. The predicted octanol–water partition coefficient (Wildman–Crippen LogP) is 5.63. The summed E-state index contributed by atoms with van der Waals surface area (Å²) in [6, 6.07) is 9.81. The van der Waals surface area contributed by atoms with Crippen molar-refractivity contribution in [2.75, 3.05) is 0 Å². The first-order chi connectivity index (χ1) is 13.5. The molecule has 0 aromatic heterocycles. The summed E-state index contributed by atoms with van der Waals surface area (Å²) in [6.07, 6.45) is 7.62. The second-order valence-corrected chi connectivity index (χ2v) is 14.0. The van der Waals surface area contributed by atoms with Crippen LogP contribution in [0.5, 0.6) is 0 Å². The van der Waals surface area contributed by atoms with Crippen LogP contribution >= 0.6 is 0 Å². The highest BCUT2D eigenvalue weighted by Crippen LogP contribution is 2.39. The Morgan fingerprint density at radius 3 is 2.24 bits per heavy atom. The number of benzene rings is 1. The van der Waals surface area contributed by atoms with Crippen LogP contribution in [0.2, 0.25) is 18.1 Å². The van der Waals surface area contributed by atoms with Gasteiger partial charge in [-0.3, -0.25) is 4.79 Å². The van der Waals surface area contributed by atoms with Crippen molar-refractivity contribution in [3.8, 4) is 12.3 Å². The lowest BCUT2D eigenvalue weighted by Crippen LogP contribution is -2.44. The molecule has 0 radical (unpaired) electrons. The highest BCUT2D eigenvalue weighted by molar-refractivity contribution is 6.74. The Morgan fingerprint density at radius 2 is 1.72 bits per heavy atom. The van der Waals surface area contributed by atoms with Crippen LogP contribution in [0.15, 0.2) is 30.3 Å². The van der Waals surface area contributed by atoms with E-state index in [0.717, 1.165) is 18.4 Å². The molecule has 0 saturated carbocycles. The molecule has 0 heterocycles. The summed E-state index contributed by atoms with van der Waals surface area (Å²) in [7, 11) is -1.97. The number of ether oxygens (including phenoxy) is 1. The third-order valence-electron chi connectivity index (χ3n) is 5.67. The van der Waals surface area contributed by atoms with Crippen LogP contribution in [0.1, 0.15) is 71.5 Å². The molecular formula is C24H38O4Si. The van der Waals surface area contributed by atoms with Crippen LogP contribution in [0.25, 0.3) is 0 Å². The maximum atomic E-state index is 11.6. The van der Waals surface area contributed by atoms with Gasteiger partial charge in [0.25, 0.3) is 0 Å². The second-order valence-electron chi connectivity index (χ2n) is 9.23. The molecule has 0 fully saturated rings. The Hall–Kier alpha value is -1.61. The van der Waals surface area contributed by atoms with E-state index in [9.17, 15) is 9.90 Å². The van der Waals surface area contributed by atoms with Gasteiger partial charge in [-0.15, -0.1) is 12.3 Å². The first-order valence-electron chi connectivity index (χ1n) is 10.5. The normalized spacial score (nSPS) is 15.2. The number of terminal acetylenes is 1. The van der Waals surface area contributed by atoms with Crippen molar-refractivity contribution in [3.63, 3.8) is 0 Å². The Bertz CT molecular complexity index is 658. The van der Waals surface area contributed by atoms with E-state index in [1.807, 2.05) is 30.3 Å². The third kappa shape index (κ3) is 9.16. The summed E-state index contributed by atoms with van der Waals surface area (Å²) in [5.74, 6) is 2.23. The molecule has 1 aromatic rings. The molecule has 3 atom stereocenters. The minimum absolute atomic E-state index is 0.00918. The smallest absolute Gasteiger partial charge is 0.303 e. The van der Waals surface area contributed by atoms with Gasteiger partial charge in [-0.2, -0.15) is 0 Å². The van der Waals surface area contributed by atoms with E-state index in [4.69, 9.17) is 15.6 Å². The third-order valence-corrected chi connectivity index (χ3v) is 10.2. The van der Waals surface area contributed by atoms with Crippen molar-refractivity contribution in [3.05, 3.63) is 35.9 Å². The monoisotopic (exact) mass is 418 g/mol. The fourth-order valence-corrected chi connectivity index (χ4v) is 4.39. The van der Waals surface area contributed by atoms with Crippen molar-refractivity contribution < 1.29 is 19.1 Å². The number of hydrogen-bond donors (Lipinski definition) is 1. The summed E-state index contributed by atoms with van der Waals surface area (Å²) in [5.41, 5.74) is 0.987. The second kappa shape index (κ2) is 11.5. The summed E-state index contributed by atoms with van der Waals surface area (Å²) >= 11 is 0. The first kappa shape index (κ1) is 25.4. The Kier molecular flexibility index (Phi) is 10.1. The minimum atomic E-state index is -1.97. The van der Waals surface area contributed by atoms with E-state index < -0.39 is 14.4 Å². The highest BCUT2D eigenvalue weighted by Gasteiger charge is 2.39.